The van der Waals surface area contributed by atoms with E-state index in [1.54, 1.807) is 0 Å². The number of hydrogen-bond acceptors (Lipinski definition) is 2. The molecule has 0 amide bonds. The Hall–Kier alpha value is -0.0800. The summed E-state index contributed by atoms with van der Waals surface area (Å²) >= 11 is 0. The molecule has 2 fully saturated rings. The zero-order chi connectivity index (χ0) is 13.7. The van der Waals surface area contributed by atoms with Crippen LogP contribution in [0.2, 0.25) is 0 Å². The molecule has 0 aromatic heterocycles. The topological polar surface area (TPSA) is 32.3 Å². The van der Waals surface area contributed by atoms with Gasteiger partial charge in [0, 0.05) is 6.04 Å². The second kappa shape index (κ2) is 7.08. The Balaban J connectivity index is 1.78. The van der Waals surface area contributed by atoms with E-state index in [0.717, 1.165) is 25.3 Å². The van der Waals surface area contributed by atoms with Gasteiger partial charge in [0.05, 0.1) is 5.60 Å². The highest BCUT2D eigenvalue weighted by Gasteiger charge is 2.41. The normalized spacial score (nSPS) is 40.3. The second-order valence-electron chi connectivity index (χ2n) is 6.96. The van der Waals surface area contributed by atoms with Gasteiger partial charge in [-0.2, -0.15) is 0 Å². The lowest BCUT2D eigenvalue weighted by Crippen LogP contribution is -2.47. The minimum Gasteiger partial charge on any atom is -0.390 e. The first-order valence-electron chi connectivity index (χ1n) is 8.63. The summed E-state index contributed by atoms with van der Waals surface area (Å²) in [5, 5.41) is 14.6. The molecule has 2 saturated carbocycles. The van der Waals surface area contributed by atoms with Crippen molar-refractivity contribution in [1.29, 1.82) is 0 Å². The number of rotatable bonds is 5. The molecular formula is C17H33NO. The van der Waals surface area contributed by atoms with E-state index in [1.165, 1.54) is 51.4 Å². The molecule has 0 aromatic carbocycles. The second-order valence-corrected chi connectivity index (χ2v) is 6.96. The van der Waals surface area contributed by atoms with Crippen LogP contribution in [0, 0.1) is 11.8 Å². The fraction of sp³-hybridized carbons (Fsp3) is 1.00. The maximum Gasteiger partial charge on any atom is 0.0677 e. The predicted octanol–water partition coefficient (Wildman–Crippen LogP) is 3.88. The molecule has 0 radical (unpaired) electrons. The van der Waals surface area contributed by atoms with Gasteiger partial charge < -0.3 is 10.4 Å². The molecule has 112 valence electrons. The average molecular weight is 267 g/mol. The Morgan fingerprint density at radius 1 is 1.00 bits per heavy atom. The molecule has 2 nitrogen and oxygen atoms in total. The summed E-state index contributed by atoms with van der Waals surface area (Å²) in [6.07, 6.45) is 12.2. The van der Waals surface area contributed by atoms with Crippen molar-refractivity contribution in [2.24, 2.45) is 11.8 Å². The van der Waals surface area contributed by atoms with Crippen LogP contribution in [0.3, 0.4) is 0 Å². The summed E-state index contributed by atoms with van der Waals surface area (Å²) in [7, 11) is 0. The van der Waals surface area contributed by atoms with Gasteiger partial charge in [0.1, 0.15) is 0 Å². The highest BCUT2D eigenvalue weighted by Crippen LogP contribution is 2.43. The van der Waals surface area contributed by atoms with Gasteiger partial charge in [-0.15, -0.1) is 0 Å². The molecule has 0 aliphatic heterocycles. The maximum absolute atomic E-state index is 11.0. The van der Waals surface area contributed by atoms with Crippen LogP contribution in [-0.2, 0) is 0 Å². The van der Waals surface area contributed by atoms with Crippen LogP contribution >= 0.6 is 0 Å². The zero-order valence-electron chi connectivity index (χ0n) is 13.0. The summed E-state index contributed by atoms with van der Waals surface area (Å²) in [5.74, 6) is 1.52. The van der Waals surface area contributed by atoms with Crippen LogP contribution < -0.4 is 5.32 Å². The van der Waals surface area contributed by atoms with E-state index in [9.17, 15) is 5.11 Å². The van der Waals surface area contributed by atoms with Crippen molar-refractivity contribution in [2.45, 2.75) is 89.7 Å². The fourth-order valence-corrected chi connectivity index (χ4v) is 4.19. The molecule has 0 heterocycles. The van der Waals surface area contributed by atoms with Gasteiger partial charge in [-0.05, 0) is 63.3 Å². The van der Waals surface area contributed by atoms with Gasteiger partial charge in [-0.3, -0.25) is 0 Å². The van der Waals surface area contributed by atoms with Crippen molar-refractivity contribution in [3.05, 3.63) is 0 Å². The van der Waals surface area contributed by atoms with E-state index in [4.69, 9.17) is 0 Å². The average Bonchev–Trinajstić information content (AvgIpc) is 2.47. The molecular weight excluding hydrogens is 234 g/mol. The molecule has 2 aliphatic rings. The lowest BCUT2D eigenvalue weighted by atomic mass is 9.67. The predicted molar refractivity (Wildman–Crippen MR) is 81.2 cm³/mol. The molecule has 0 bridgehead atoms. The van der Waals surface area contributed by atoms with E-state index in [-0.39, 0.29) is 5.60 Å². The summed E-state index contributed by atoms with van der Waals surface area (Å²) in [5.41, 5.74) is -0.330. The summed E-state index contributed by atoms with van der Waals surface area (Å²) < 4.78 is 0. The van der Waals surface area contributed by atoms with Gasteiger partial charge in [0.15, 0.2) is 0 Å². The first-order chi connectivity index (χ1) is 9.18. The Morgan fingerprint density at radius 2 is 1.63 bits per heavy atom. The van der Waals surface area contributed by atoms with Crippen LogP contribution in [0.4, 0.5) is 0 Å². The lowest BCUT2D eigenvalue weighted by Gasteiger charge is -2.44. The van der Waals surface area contributed by atoms with Gasteiger partial charge in [0.25, 0.3) is 0 Å². The van der Waals surface area contributed by atoms with Crippen molar-refractivity contribution < 1.29 is 5.11 Å². The van der Waals surface area contributed by atoms with E-state index in [1.807, 2.05) is 0 Å². The van der Waals surface area contributed by atoms with E-state index >= 15 is 0 Å². The molecule has 0 atom stereocenters. The van der Waals surface area contributed by atoms with Crippen LogP contribution in [0.5, 0.6) is 0 Å². The van der Waals surface area contributed by atoms with Gasteiger partial charge >= 0.3 is 0 Å². The van der Waals surface area contributed by atoms with E-state index in [2.05, 4.69) is 19.2 Å². The SMILES string of the molecule is CCCNC1CCC(O)(C2CCC(CC)CC2)CC1. The van der Waals surface area contributed by atoms with Crippen molar-refractivity contribution in [1.82, 2.24) is 5.32 Å². The quantitative estimate of drug-likeness (QED) is 0.792. The third kappa shape index (κ3) is 3.95. The van der Waals surface area contributed by atoms with Crippen molar-refractivity contribution in [2.75, 3.05) is 6.54 Å². The van der Waals surface area contributed by atoms with Crippen molar-refractivity contribution >= 4 is 0 Å². The molecule has 0 unspecified atom stereocenters. The van der Waals surface area contributed by atoms with Crippen LogP contribution in [0.15, 0.2) is 0 Å². The van der Waals surface area contributed by atoms with Crippen LogP contribution in [-0.4, -0.2) is 23.3 Å². The van der Waals surface area contributed by atoms with Gasteiger partial charge in [-0.25, -0.2) is 0 Å². The molecule has 2 heteroatoms. The van der Waals surface area contributed by atoms with Crippen LogP contribution in [0.1, 0.15) is 78.1 Å². The van der Waals surface area contributed by atoms with Crippen molar-refractivity contribution in [3.8, 4) is 0 Å². The highest BCUT2D eigenvalue weighted by molar-refractivity contribution is 4.94. The monoisotopic (exact) mass is 267 g/mol. The largest absolute Gasteiger partial charge is 0.390 e. The summed E-state index contributed by atoms with van der Waals surface area (Å²) in [6.45, 7) is 5.66. The van der Waals surface area contributed by atoms with E-state index in [0.29, 0.717) is 12.0 Å². The molecule has 0 saturated heterocycles. The Labute approximate surface area is 119 Å². The third-order valence-electron chi connectivity index (χ3n) is 5.72. The summed E-state index contributed by atoms with van der Waals surface area (Å²) in [6, 6.07) is 0.659. The minimum atomic E-state index is -0.330. The Bertz CT molecular complexity index is 250. The number of nitrogens with one attached hydrogen (secondary N) is 1. The third-order valence-corrected chi connectivity index (χ3v) is 5.72. The van der Waals surface area contributed by atoms with Crippen LogP contribution in [0.25, 0.3) is 0 Å². The first kappa shape index (κ1) is 15.3. The zero-order valence-corrected chi connectivity index (χ0v) is 13.0. The highest BCUT2D eigenvalue weighted by atomic mass is 16.3. The van der Waals surface area contributed by atoms with Gasteiger partial charge in [0.2, 0.25) is 0 Å². The van der Waals surface area contributed by atoms with E-state index < -0.39 is 0 Å². The maximum atomic E-state index is 11.0. The molecule has 2 rings (SSSR count). The fourth-order valence-electron chi connectivity index (χ4n) is 4.19. The summed E-state index contributed by atoms with van der Waals surface area (Å²) in [4.78, 5) is 0. The Kier molecular flexibility index (Phi) is 5.70. The number of aliphatic hydroxyl groups is 1. The minimum absolute atomic E-state index is 0.330. The molecule has 2 N–H and O–H groups in total. The molecule has 2 aliphatic carbocycles. The number of hydrogen-bond donors (Lipinski definition) is 2. The molecule has 19 heavy (non-hydrogen) atoms. The lowest BCUT2D eigenvalue weighted by molar-refractivity contribution is -0.0702. The van der Waals surface area contributed by atoms with Gasteiger partial charge in [-0.1, -0.05) is 33.1 Å². The van der Waals surface area contributed by atoms with Crippen molar-refractivity contribution in [3.63, 3.8) is 0 Å². The smallest absolute Gasteiger partial charge is 0.0677 e. The first-order valence-corrected chi connectivity index (χ1v) is 8.63. The Morgan fingerprint density at radius 3 is 2.16 bits per heavy atom. The molecule has 0 aromatic rings. The molecule has 0 spiro atoms. The standard InChI is InChI=1S/C17H33NO/c1-3-13-18-16-9-11-17(19,12-10-16)15-7-5-14(4-2)6-8-15/h14-16,18-19H,3-13H2,1-2H3.